The summed E-state index contributed by atoms with van der Waals surface area (Å²) in [4.78, 5) is 25.7. The van der Waals surface area contributed by atoms with Gasteiger partial charge in [-0.05, 0) is 23.8 Å². The topological polar surface area (TPSA) is 107 Å². The fourth-order valence-electron chi connectivity index (χ4n) is 2.09. The van der Waals surface area contributed by atoms with E-state index in [0.29, 0.717) is 21.4 Å². The molecule has 1 aliphatic heterocycles. The van der Waals surface area contributed by atoms with E-state index < -0.39 is 4.92 Å². The van der Waals surface area contributed by atoms with Gasteiger partial charge in [-0.3, -0.25) is 14.9 Å². The first-order valence-electron chi connectivity index (χ1n) is 7.48. The number of pyridine rings is 1. The highest BCUT2D eigenvalue weighted by atomic mass is 32.2. The Bertz CT molecular complexity index is 917. The van der Waals surface area contributed by atoms with Crippen LogP contribution in [0, 0.1) is 10.1 Å². The minimum atomic E-state index is -0.541. The number of carbonyl (C=O) groups is 1. The molecule has 0 spiro atoms. The molecule has 0 atom stereocenters. The van der Waals surface area contributed by atoms with Gasteiger partial charge in [0, 0.05) is 12.1 Å². The van der Waals surface area contributed by atoms with Crippen molar-refractivity contribution in [3.8, 4) is 17.4 Å². The maximum Gasteiger partial charge on any atom is 0.287 e. The molecular formula is C16H12N4O5S2. The summed E-state index contributed by atoms with van der Waals surface area (Å²) in [6, 6.07) is 7.71. The summed E-state index contributed by atoms with van der Waals surface area (Å²) in [5, 5.41) is 15.9. The maximum atomic E-state index is 11.7. The number of methoxy groups -OCH3 is 1. The number of rotatable bonds is 6. The number of hydrogen-bond acceptors (Lipinski definition) is 9. The van der Waals surface area contributed by atoms with Crippen LogP contribution in [0.15, 0.2) is 41.6 Å². The van der Waals surface area contributed by atoms with Crippen molar-refractivity contribution in [3.63, 3.8) is 0 Å². The highest BCUT2D eigenvalue weighted by Gasteiger charge is 2.26. The monoisotopic (exact) mass is 404 g/mol. The molecule has 0 bridgehead atoms. The quantitative estimate of drug-likeness (QED) is 0.313. The zero-order valence-electron chi connectivity index (χ0n) is 13.9. The summed E-state index contributed by atoms with van der Waals surface area (Å²) in [6.45, 7) is 0. The number of hydrazone groups is 1. The Balaban J connectivity index is 1.77. The summed E-state index contributed by atoms with van der Waals surface area (Å²) < 4.78 is 11.3. The van der Waals surface area contributed by atoms with Crippen LogP contribution in [0.1, 0.15) is 5.56 Å². The first-order chi connectivity index (χ1) is 13.0. The summed E-state index contributed by atoms with van der Waals surface area (Å²) in [5.74, 6) is 1.08. The fourth-order valence-corrected chi connectivity index (χ4v) is 3.05. The van der Waals surface area contributed by atoms with Gasteiger partial charge >= 0.3 is 0 Å². The molecule has 11 heteroatoms. The Hall–Kier alpha value is -3.05. The number of nitro groups is 1. The Kier molecular flexibility index (Phi) is 5.62. The largest absolute Gasteiger partial charge is 0.493 e. The van der Waals surface area contributed by atoms with Gasteiger partial charge in [-0.15, -0.1) is 0 Å². The number of benzene rings is 1. The number of ether oxygens (including phenoxy) is 2. The standard InChI is InChI=1S/C16H12N4O5S2/c1-24-13-6-10(7-18-19-15(21)9-27-16(19)26)2-4-12(13)25-14-5-3-11(8-17-14)20(22)23/h2-8H,9H2,1H3/b18-7+. The van der Waals surface area contributed by atoms with E-state index in [2.05, 4.69) is 10.1 Å². The predicted octanol–water partition coefficient (Wildman–Crippen LogP) is 2.98. The van der Waals surface area contributed by atoms with E-state index in [0.717, 1.165) is 6.20 Å². The first-order valence-corrected chi connectivity index (χ1v) is 8.87. The highest BCUT2D eigenvalue weighted by Crippen LogP contribution is 2.31. The molecule has 1 fully saturated rings. The predicted molar refractivity (Wildman–Crippen MR) is 103 cm³/mol. The number of amides is 1. The summed E-state index contributed by atoms with van der Waals surface area (Å²) in [5.41, 5.74) is 0.539. The molecule has 2 aromatic rings. The zero-order valence-corrected chi connectivity index (χ0v) is 15.5. The average Bonchev–Trinajstić information content (AvgIpc) is 2.99. The van der Waals surface area contributed by atoms with Crippen molar-refractivity contribution < 1.29 is 19.2 Å². The van der Waals surface area contributed by atoms with Gasteiger partial charge in [0.25, 0.3) is 11.6 Å². The van der Waals surface area contributed by atoms with Gasteiger partial charge in [-0.1, -0.05) is 24.0 Å². The fraction of sp³-hybridized carbons (Fsp3) is 0.125. The van der Waals surface area contributed by atoms with Crippen LogP contribution in [0.25, 0.3) is 0 Å². The van der Waals surface area contributed by atoms with Crippen LogP contribution >= 0.6 is 24.0 Å². The maximum absolute atomic E-state index is 11.7. The first kappa shape index (κ1) is 18.7. The van der Waals surface area contributed by atoms with E-state index >= 15 is 0 Å². The van der Waals surface area contributed by atoms with E-state index in [1.54, 1.807) is 18.2 Å². The third-order valence-electron chi connectivity index (χ3n) is 3.38. The van der Waals surface area contributed by atoms with Gasteiger partial charge in [0.1, 0.15) is 6.20 Å². The van der Waals surface area contributed by atoms with Crippen LogP contribution < -0.4 is 9.47 Å². The van der Waals surface area contributed by atoms with Crippen molar-refractivity contribution in [2.24, 2.45) is 5.10 Å². The second-order valence-corrected chi connectivity index (χ2v) is 6.74. The Morgan fingerprint density at radius 2 is 2.19 bits per heavy atom. The molecule has 0 aliphatic carbocycles. The lowest BCUT2D eigenvalue weighted by molar-refractivity contribution is -0.385. The normalized spacial score (nSPS) is 14.0. The van der Waals surface area contributed by atoms with Gasteiger partial charge < -0.3 is 9.47 Å². The molecule has 2 heterocycles. The molecule has 1 aromatic carbocycles. The molecule has 138 valence electrons. The summed E-state index contributed by atoms with van der Waals surface area (Å²) in [7, 11) is 1.47. The van der Waals surface area contributed by atoms with Crippen LogP contribution in [0.4, 0.5) is 5.69 Å². The average molecular weight is 404 g/mol. The third-order valence-corrected chi connectivity index (χ3v) is 4.72. The molecule has 0 unspecified atom stereocenters. The van der Waals surface area contributed by atoms with Gasteiger partial charge in [-0.2, -0.15) is 10.1 Å². The van der Waals surface area contributed by atoms with Gasteiger partial charge in [0.15, 0.2) is 15.8 Å². The third kappa shape index (κ3) is 4.38. The Morgan fingerprint density at radius 1 is 1.37 bits per heavy atom. The van der Waals surface area contributed by atoms with E-state index in [4.69, 9.17) is 21.7 Å². The van der Waals surface area contributed by atoms with Crippen LogP contribution in [0.2, 0.25) is 0 Å². The molecule has 0 radical (unpaired) electrons. The number of aromatic nitrogens is 1. The van der Waals surface area contributed by atoms with E-state index in [1.807, 2.05) is 0 Å². The van der Waals surface area contributed by atoms with Crippen LogP contribution in [0.3, 0.4) is 0 Å². The number of hydrogen-bond donors (Lipinski definition) is 0. The van der Waals surface area contributed by atoms with E-state index in [1.165, 1.54) is 42.2 Å². The van der Waals surface area contributed by atoms with E-state index in [9.17, 15) is 14.9 Å². The molecule has 1 aliphatic rings. The van der Waals surface area contributed by atoms with Crippen molar-refractivity contribution in [3.05, 3.63) is 52.2 Å². The van der Waals surface area contributed by atoms with Crippen molar-refractivity contribution in [2.45, 2.75) is 0 Å². The molecule has 1 amide bonds. The van der Waals surface area contributed by atoms with Crippen molar-refractivity contribution in [2.75, 3.05) is 12.9 Å². The lowest BCUT2D eigenvalue weighted by Crippen LogP contribution is -2.22. The minimum Gasteiger partial charge on any atom is -0.493 e. The SMILES string of the molecule is COc1cc(/C=N/N2C(=O)CSC2=S)ccc1Oc1ccc([N+](=O)[O-])cn1. The second-order valence-electron chi connectivity index (χ2n) is 5.13. The summed E-state index contributed by atoms with van der Waals surface area (Å²) in [6.07, 6.45) is 2.60. The zero-order chi connectivity index (χ0) is 19.4. The molecule has 0 saturated carbocycles. The minimum absolute atomic E-state index is 0.131. The Labute approximate surface area is 163 Å². The van der Waals surface area contributed by atoms with Crippen molar-refractivity contribution in [1.82, 2.24) is 9.99 Å². The van der Waals surface area contributed by atoms with E-state index in [-0.39, 0.29) is 23.2 Å². The Morgan fingerprint density at radius 3 is 2.78 bits per heavy atom. The molecule has 1 saturated heterocycles. The van der Waals surface area contributed by atoms with Gasteiger partial charge in [-0.25, -0.2) is 4.98 Å². The van der Waals surface area contributed by atoms with Crippen molar-refractivity contribution in [1.29, 1.82) is 0 Å². The lowest BCUT2D eigenvalue weighted by atomic mass is 10.2. The highest BCUT2D eigenvalue weighted by molar-refractivity contribution is 8.23. The number of thioether (sulfide) groups is 1. The molecule has 3 rings (SSSR count). The number of nitrogens with zero attached hydrogens (tertiary/aromatic N) is 4. The van der Waals surface area contributed by atoms with Crippen LogP contribution in [0.5, 0.6) is 17.4 Å². The van der Waals surface area contributed by atoms with Gasteiger partial charge in [0.2, 0.25) is 5.88 Å². The number of thiocarbonyl (C=S) groups is 1. The van der Waals surface area contributed by atoms with Gasteiger partial charge in [0.05, 0.1) is 24.0 Å². The second kappa shape index (κ2) is 8.10. The lowest BCUT2D eigenvalue weighted by Gasteiger charge is -2.10. The summed E-state index contributed by atoms with van der Waals surface area (Å²) >= 11 is 6.32. The molecule has 9 nitrogen and oxygen atoms in total. The van der Waals surface area contributed by atoms with Crippen molar-refractivity contribution >= 4 is 46.1 Å². The molecule has 0 N–H and O–H groups in total. The molecular weight excluding hydrogens is 392 g/mol. The number of carbonyl (C=O) groups excluding carboxylic acids is 1. The van der Waals surface area contributed by atoms with Crippen LogP contribution in [-0.4, -0.2) is 44.2 Å². The smallest absolute Gasteiger partial charge is 0.287 e. The molecule has 1 aromatic heterocycles. The molecule has 27 heavy (non-hydrogen) atoms. The van der Waals surface area contributed by atoms with Crippen LogP contribution in [-0.2, 0) is 4.79 Å².